The number of hydrogen-bond donors (Lipinski definition) is 1. The highest BCUT2D eigenvalue weighted by Gasteiger charge is 2.18. The summed E-state index contributed by atoms with van der Waals surface area (Å²) in [5, 5.41) is 4.43. The standard InChI is InChI=1S/C18H16ClN3OS/c1-11(13-6-8-14(19)9-7-13)21-17(23)16-12(2)22-18(24-16)15-5-3-4-10-20-15/h3-11H,1-2H3,(H,21,23). The molecule has 0 bridgehead atoms. The number of carbonyl (C=O) groups is 1. The van der Waals surface area contributed by atoms with Crippen LogP contribution in [0.15, 0.2) is 48.7 Å². The first-order chi connectivity index (χ1) is 11.5. The van der Waals surface area contributed by atoms with Gasteiger partial charge in [-0.15, -0.1) is 11.3 Å². The van der Waals surface area contributed by atoms with E-state index in [1.807, 2.05) is 56.3 Å². The Balaban J connectivity index is 1.78. The Kier molecular flexibility index (Phi) is 4.92. The van der Waals surface area contributed by atoms with Crippen LogP contribution in [0.5, 0.6) is 0 Å². The summed E-state index contributed by atoms with van der Waals surface area (Å²) in [6.07, 6.45) is 1.72. The fraction of sp³-hybridized carbons (Fsp3) is 0.167. The molecule has 4 nitrogen and oxygen atoms in total. The Morgan fingerprint density at radius 1 is 1.21 bits per heavy atom. The van der Waals surface area contributed by atoms with Crippen LogP contribution < -0.4 is 5.32 Å². The van der Waals surface area contributed by atoms with E-state index in [-0.39, 0.29) is 11.9 Å². The molecule has 1 amide bonds. The summed E-state index contributed by atoms with van der Waals surface area (Å²) in [7, 11) is 0. The summed E-state index contributed by atoms with van der Waals surface area (Å²) in [4.78, 5) is 21.9. The number of nitrogens with zero attached hydrogens (tertiary/aromatic N) is 2. The second-order valence-corrected chi connectivity index (χ2v) is 6.83. The summed E-state index contributed by atoms with van der Waals surface area (Å²) in [6, 6.07) is 13.0. The number of rotatable bonds is 4. The molecular weight excluding hydrogens is 342 g/mol. The smallest absolute Gasteiger partial charge is 0.263 e. The number of halogens is 1. The third kappa shape index (κ3) is 3.63. The molecule has 1 unspecified atom stereocenters. The summed E-state index contributed by atoms with van der Waals surface area (Å²) in [6.45, 7) is 3.78. The van der Waals surface area contributed by atoms with Crippen LogP contribution in [0.4, 0.5) is 0 Å². The summed E-state index contributed by atoms with van der Waals surface area (Å²) in [5.74, 6) is -0.130. The second kappa shape index (κ2) is 7.11. The molecule has 3 rings (SSSR count). The van der Waals surface area contributed by atoms with Crippen LogP contribution in [0, 0.1) is 6.92 Å². The zero-order chi connectivity index (χ0) is 17.1. The third-order valence-corrected chi connectivity index (χ3v) is 5.04. The van der Waals surface area contributed by atoms with Gasteiger partial charge in [-0.3, -0.25) is 9.78 Å². The highest BCUT2D eigenvalue weighted by atomic mass is 35.5. The maximum atomic E-state index is 12.6. The second-order valence-electron chi connectivity index (χ2n) is 5.40. The van der Waals surface area contributed by atoms with Crippen molar-refractivity contribution in [3.8, 4) is 10.7 Å². The molecule has 0 saturated heterocycles. The van der Waals surface area contributed by atoms with Gasteiger partial charge in [-0.2, -0.15) is 0 Å². The largest absolute Gasteiger partial charge is 0.345 e. The van der Waals surface area contributed by atoms with Crippen LogP contribution in [0.3, 0.4) is 0 Å². The van der Waals surface area contributed by atoms with Gasteiger partial charge in [0.2, 0.25) is 0 Å². The average molecular weight is 358 g/mol. The first-order valence-corrected chi connectivity index (χ1v) is 8.69. The molecule has 2 heterocycles. The van der Waals surface area contributed by atoms with Crippen LogP contribution in [-0.4, -0.2) is 15.9 Å². The van der Waals surface area contributed by atoms with Crippen molar-refractivity contribution in [3.05, 3.63) is 69.8 Å². The molecule has 0 radical (unpaired) electrons. The Bertz CT molecular complexity index is 846. The average Bonchev–Trinajstić information content (AvgIpc) is 2.98. The number of pyridine rings is 1. The van der Waals surface area contributed by atoms with Gasteiger partial charge >= 0.3 is 0 Å². The van der Waals surface area contributed by atoms with E-state index in [0.717, 1.165) is 16.3 Å². The number of benzene rings is 1. The van der Waals surface area contributed by atoms with Crippen molar-refractivity contribution in [2.75, 3.05) is 0 Å². The van der Waals surface area contributed by atoms with Crippen LogP contribution in [0.25, 0.3) is 10.7 Å². The van der Waals surface area contributed by atoms with Crippen molar-refractivity contribution in [2.45, 2.75) is 19.9 Å². The number of nitrogens with one attached hydrogen (secondary N) is 1. The Hall–Kier alpha value is -2.24. The maximum absolute atomic E-state index is 12.6. The van der Waals surface area contributed by atoms with Crippen LogP contribution >= 0.6 is 22.9 Å². The number of carbonyl (C=O) groups excluding carboxylic acids is 1. The van der Waals surface area contributed by atoms with E-state index in [4.69, 9.17) is 11.6 Å². The number of amides is 1. The van der Waals surface area contributed by atoms with Gasteiger partial charge in [0.25, 0.3) is 5.91 Å². The molecule has 1 atom stereocenters. The van der Waals surface area contributed by atoms with Crippen molar-refractivity contribution in [2.24, 2.45) is 0 Å². The fourth-order valence-electron chi connectivity index (χ4n) is 2.30. The van der Waals surface area contributed by atoms with Gasteiger partial charge < -0.3 is 5.32 Å². The van der Waals surface area contributed by atoms with E-state index in [2.05, 4.69) is 15.3 Å². The summed E-state index contributed by atoms with van der Waals surface area (Å²) < 4.78 is 0. The molecule has 0 aliphatic heterocycles. The number of thiazole rings is 1. The van der Waals surface area contributed by atoms with E-state index in [9.17, 15) is 4.79 Å². The minimum atomic E-state index is -0.130. The molecule has 0 spiro atoms. The lowest BCUT2D eigenvalue weighted by molar-refractivity contribution is 0.0943. The first-order valence-electron chi connectivity index (χ1n) is 7.50. The predicted molar refractivity (Wildman–Crippen MR) is 97.4 cm³/mol. The molecule has 122 valence electrons. The third-order valence-electron chi connectivity index (χ3n) is 3.60. The lowest BCUT2D eigenvalue weighted by Crippen LogP contribution is -2.26. The van der Waals surface area contributed by atoms with Gasteiger partial charge in [-0.1, -0.05) is 29.8 Å². The van der Waals surface area contributed by atoms with Gasteiger partial charge in [0.05, 0.1) is 17.4 Å². The van der Waals surface area contributed by atoms with Crippen LogP contribution in [0.2, 0.25) is 5.02 Å². The minimum Gasteiger partial charge on any atom is -0.345 e. The molecule has 0 aliphatic rings. The molecule has 0 fully saturated rings. The van der Waals surface area contributed by atoms with E-state index < -0.39 is 0 Å². The van der Waals surface area contributed by atoms with Gasteiger partial charge in [0.1, 0.15) is 9.88 Å². The highest BCUT2D eigenvalue weighted by Crippen LogP contribution is 2.27. The van der Waals surface area contributed by atoms with Crippen molar-refractivity contribution in [1.82, 2.24) is 15.3 Å². The zero-order valence-corrected chi connectivity index (χ0v) is 14.9. The zero-order valence-electron chi connectivity index (χ0n) is 13.3. The molecule has 3 aromatic rings. The van der Waals surface area contributed by atoms with Crippen molar-refractivity contribution in [1.29, 1.82) is 0 Å². The molecule has 6 heteroatoms. The van der Waals surface area contributed by atoms with Crippen LogP contribution in [0.1, 0.15) is 33.9 Å². The quantitative estimate of drug-likeness (QED) is 0.738. The van der Waals surface area contributed by atoms with Crippen molar-refractivity contribution < 1.29 is 4.79 Å². The molecular formula is C18H16ClN3OS. The summed E-state index contributed by atoms with van der Waals surface area (Å²) >= 11 is 7.25. The van der Waals surface area contributed by atoms with Crippen molar-refractivity contribution in [3.63, 3.8) is 0 Å². The lowest BCUT2D eigenvalue weighted by atomic mass is 10.1. The molecule has 1 N–H and O–H groups in total. The van der Waals surface area contributed by atoms with E-state index in [1.54, 1.807) is 6.20 Å². The minimum absolute atomic E-state index is 0.116. The monoisotopic (exact) mass is 357 g/mol. The van der Waals surface area contributed by atoms with E-state index in [1.165, 1.54) is 11.3 Å². The molecule has 0 aliphatic carbocycles. The maximum Gasteiger partial charge on any atom is 0.263 e. The molecule has 1 aromatic carbocycles. The Morgan fingerprint density at radius 3 is 2.62 bits per heavy atom. The number of aryl methyl sites for hydroxylation is 1. The van der Waals surface area contributed by atoms with Gasteiger partial charge in [0.15, 0.2) is 0 Å². The number of hydrogen-bond acceptors (Lipinski definition) is 4. The fourth-order valence-corrected chi connectivity index (χ4v) is 3.38. The lowest BCUT2D eigenvalue weighted by Gasteiger charge is -2.13. The van der Waals surface area contributed by atoms with E-state index >= 15 is 0 Å². The highest BCUT2D eigenvalue weighted by molar-refractivity contribution is 7.17. The van der Waals surface area contributed by atoms with Gasteiger partial charge in [-0.25, -0.2) is 4.98 Å². The van der Waals surface area contributed by atoms with Crippen molar-refractivity contribution >= 4 is 28.8 Å². The first kappa shape index (κ1) is 16.6. The van der Waals surface area contributed by atoms with E-state index in [0.29, 0.717) is 15.6 Å². The molecule has 24 heavy (non-hydrogen) atoms. The van der Waals surface area contributed by atoms with Gasteiger partial charge in [0, 0.05) is 11.2 Å². The summed E-state index contributed by atoms with van der Waals surface area (Å²) in [5.41, 5.74) is 2.48. The Morgan fingerprint density at radius 2 is 1.96 bits per heavy atom. The number of aromatic nitrogens is 2. The van der Waals surface area contributed by atoms with Gasteiger partial charge in [-0.05, 0) is 43.7 Å². The SMILES string of the molecule is Cc1nc(-c2ccccn2)sc1C(=O)NC(C)c1ccc(Cl)cc1. The molecule has 0 saturated carbocycles. The normalized spacial score (nSPS) is 12.0. The predicted octanol–water partition coefficient (Wildman–Crippen LogP) is 4.66. The molecule has 2 aromatic heterocycles. The Labute approximate surface area is 149 Å². The van der Waals surface area contributed by atoms with Crippen LogP contribution in [-0.2, 0) is 0 Å². The topological polar surface area (TPSA) is 54.9 Å².